The summed E-state index contributed by atoms with van der Waals surface area (Å²) in [5, 5.41) is 9.26. The average molecular weight is 335 g/mol. The van der Waals surface area contributed by atoms with Crippen LogP contribution in [0.5, 0.6) is 5.75 Å². The minimum Gasteiger partial charge on any atom is -0.495 e. The Hall–Kier alpha value is -2.37. The minimum atomic E-state index is -0.609. The van der Waals surface area contributed by atoms with Crippen LogP contribution in [0.1, 0.15) is 26.3 Å². The maximum Gasteiger partial charge on any atom is 0.338 e. The van der Waals surface area contributed by atoms with E-state index < -0.39 is 5.97 Å². The number of carbonyl (C=O) groups excluding carboxylic acids is 2. The molecule has 1 N–H and O–H groups in total. The van der Waals surface area contributed by atoms with Crippen molar-refractivity contribution >= 4 is 23.4 Å². The molecule has 0 unspecified atom stereocenters. The Morgan fingerprint density at radius 2 is 1.74 bits per heavy atom. The smallest absolute Gasteiger partial charge is 0.338 e. The standard InChI is InChI=1S/C17H15ClO5/c1-22-16-7-6-13(8-14(16)18)15(20)10-23-17(21)12-4-2-11(9-19)3-5-12/h2-8,19H,9-10H2,1H3. The molecule has 0 saturated carbocycles. The molecular formula is C17H15ClO5. The summed E-state index contributed by atoms with van der Waals surface area (Å²) in [7, 11) is 1.48. The molecule has 0 amide bonds. The van der Waals surface area contributed by atoms with Gasteiger partial charge in [0.1, 0.15) is 5.75 Å². The fourth-order valence-electron chi connectivity index (χ4n) is 1.88. The SMILES string of the molecule is COc1ccc(C(=O)COC(=O)c2ccc(CO)cc2)cc1Cl. The average Bonchev–Trinajstić information content (AvgIpc) is 2.59. The topological polar surface area (TPSA) is 72.8 Å². The first-order valence-corrected chi connectivity index (χ1v) is 7.16. The lowest BCUT2D eigenvalue weighted by Crippen LogP contribution is -2.14. The number of hydrogen-bond donors (Lipinski definition) is 1. The van der Waals surface area contributed by atoms with E-state index in [2.05, 4.69) is 0 Å². The number of Topliss-reactive ketones (excluding diaryl/α,β-unsaturated/α-hetero) is 1. The van der Waals surface area contributed by atoms with Gasteiger partial charge < -0.3 is 14.6 Å². The Bertz CT molecular complexity index is 709. The number of benzene rings is 2. The quantitative estimate of drug-likeness (QED) is 0.649. The van der Waals surface area contributed by atoms with E-state index in [1.54, 1.807) is 24.3 Å². The molecule has 0 spiro atoms. The van der Waals surface area contributed by atoms with Gasteiger partial charge in [0.25, 0.3) is 0 Å². The van der Waals surface area contributed by atoms with Crippen molar-refractivity contribution in [3.8, 4) is 5.75 Å². The fraction of sp³-hybridized carbons (Fsp3) is 0.176. The van der Waals surface area contributed by atoms with Gasteiger partial charge in [0.05, 0.1) is 24.3 Å². The molecular weight excluding hydrogens is 320 g/mol. The van der Waals surface area contributed by atoms with Crippen molar-refractivity contribution < 1.29 is 24.2 Å². The molecule has 0 bridgehead atoms. The third-order valence-corrected chi connectivity index (χ3v) is 3.48. The summed E-state index contributed by atoms with van der Waals surface area (Å²) >= 11 is 5.96. The van der Waals surface area contributed by atoms with E-state index in [0.29, 0.717) is 27.5 Å². The van der Waals surface area contributed by atoms with Crippen LogP contribution in [0.2, 0.25) is 5.02 Å². The molecule has 23 heavy (non-hydrogen) atoms. The summed E-state index contributed by atoms with van der Waals surface area (Å²) in [6.45, 7) is -0.491. The number of ketones is 1. The van der Waals surface area contributed by atoms with Crippen molar-refractivity contribution in [3.63, 3.8) is 0 Å². The first-order chi connectivity index (χ1) is 11.0. The lowest BCUT2D eigenvalue weighted by molar-refractivity contribution is 0.0474. The van der Waals surface area contributed by atoms with Crippen molar-refractivity contribution in [2.45, 2.75) is 6.61 Å². The number of methoxy groups -OCH3 is 1. The summed E-state index contributed by atoms with van der Waals surface area (Å²) in [6.07, 6.45) is 0. The van der Waals surface area contributed by atoms with Gasteiger partial charge in [-0.3, -0.25) is 4.79 Å². The molecule has 0 saturated heterocycles. The fourth-order valence-corrected chi connectivity index (χ4v) is 2.14. The molecule has 2 aromatic carbocycles. The lowest BCUT2D eigenvalue weighted by atomic mass is 10.1. The van der Waals surface area contributed by atoms with Crippen molar-refractivity contribution in [2.24, 2.45) is 0 Å². The molecule has 2 rings (SSSR count). The first kappa shape index (κ1) is 17.0. The monoisotopic (exact) mass is 334 g/mol. The van der Waals surface area contributed by atoms with Crippen LogP contribution in [0.4, 0.5) is 0 Å². The Morgan fingerprint density at radius 3 is 2.30 bits per heavy atom. The Labute approximate surface area is 138 Å². The number of rotatable bonds is 6. The Kier molecular flexibility index (Phi) is 5.73. The Morgan fingerprint density at radius 1 is 1.09 bits per heavy atom. The zero-order valence-electron chi connectivity index (χ0n) is 12.4. The number of aliphatic hydroxyl groups is 1. The Balaban J connectivity index is 1.97. The molecule has 0 fully saturated rings. The van der Waals surface area contributed by atoms with Crippen LogP contribution in [0.25, 0.3) is 0 Å². The van der Waals surface area contributed by atoms with Gasteiger partial charge in [-0.2, -0.15) is 0 Å². The van der Waals surface area contributed by atoms with E-state index in [-0.39, 0.29) is 19.0 Å². The largest absolute Gasteiger partial charge is 0.495 e. The molecule has 5 nitrogen and oxygen atoms in total. The summed E-state index contributed by atoms with van der Waals surface area (Å²) in [5.74, 6) is -0.512. The second-order valence-corrected chi connectivity index (χ2v) is 5.11. The second-order valence-electron chi connectivity index (χ2n) is 4.70. The van der Waals surface area contributed by atoms with E-state index in [1.165, 1.54) is 25.3 Å². The highest BCUT2D eigenvalue weighted by Crippen LogP contribution is 2.25. The van der Waals surface area contributed by atoms with E-state index in [1.807, 2.05) is 0 Å². The van der Waals surface area contributed by atoms with E-state index in [9.17, 15) is 9.59 Å². The predicted octanol–water partition coefficient (Wildman–Crippen LogP) is 2.88. The maximum absolute atomic E-state index is 12.0. The molecule has 2 aromatic rings. The van der Waals surface area contributed by atoms with Gasteiger partial charge in [-0.05, 0) is 35.9 Å². The van der Waals surface area contributed by atoms with Gasteiger partial charge >= 0.3 is 5.97 Å². The van der Waals surface area contributed by atoms with Crippen LogP contribution in [-0.2, 0) is 11.3 Å². The van der Waals surface area contributed by atoms with Crippen molar-refractivity contribution in [1.82, 2.24) is 0 Å². The molecule has 0 radical (unpaired) electrons. The van der Waals surface area contributed by atoms with Crippen LogP contribution in [-0.4, -0.2) is 30.6 Å². The van der Waals surface area contributed by atoms with Crippen LogP contribution >= 0.6 is 11.6 Å². The number of esters is 1. The highest BCUT2D eigenvalue weighted by Gasteiger charge is 2.13. The molecule has 120 valence electrons. The van der Waals surface area contributed by atoms with Crippen LogP contribution < -0.4 is 4.74 Å². The van der Waals surface area contributed by atoms with Crippen molar-refractivity contribution in [3.05, 3.63) is 64.2 Å². The van der Waals surface area contributed by atoms with Crippen molar-refractivity contribution in [2.75, 3.05) is 13.7 Å². The molecule has 0 aliphatic carbocycles. The molecule has 6 heteroatoms. The van der Waals surface area contributed by atoms with Crippen LogP contribution in [0.3, 0.4) is 0 Å². The molecule has 0 aliphatic heterocycles. The normalized spacial score (nSPS) is 10.2. The van der Waals surface area contributed by atoms with Gasteiger partial charge in [0.2, 0.25) is 0 Å². The first-order valence-electron chi connectivity index (χ1n) is 6.79. The maximum atomic E-state index is 12.0. The number of hydrogen-bond acceptors (Lipinski definition) is 5. The molecule has 0 atom stereocenters. The lowest BCUT2D eigenvalue weighted by Gasteiger charge is -2.07. The molecule has 0 heterocycles. The van der Waals surface area contributed by atoms with Gasteiger partial charge in [-0.25, -0.2) is 4.79 Å². The minimum absolute atomic E-state index is 0.105. The number of ether oxygens (including phenoxy) is 2. The zero-order valence-corrected chi connectivity index (χ0v) is 13.2. The van der Waals surface area contributed by atoms with E-state index in [4.69, 9.17) is 26.2 Å². The number of aliphatic hydroxyl groups excluding tert-OH is 1. The summed E-state index contributed by atoms with van der Waals surface area (Å²) in [6, 6.07) is 10.9. The highest BCUT2D eigenvalue weighted by atomic mass is 35.5. The second kappa shape index (κ2) is 7.76. The number of carbonyl (C=O) groups is 2. The third-order valence-electron chi connectivity index (χ3n) is 3.18. The van der Waals surface area contributed by atoms with Gasteiger partial charge in [-0.15, -0.1) is 0 Å². The van der Waals surface area contributed by atoms with Gasteiger partial charge in [-0.1, -0.05) is 23.7 Å². The van der Waals surface area contributed by atoms with Crippen LogP contribution in [0.15, 0.2) is 42.5 Å². The summed E-state index contributed by atoms with van der Waals surface area (Å²) in [4.78, 5) is 23.9. The predicted molar refractivity (Wildman–Crippen MR) is 85.0 cm³/mol. The van der Waals surface area contributed by atoms with Gasteiger partial charge in [0.15, 0.2) is 12.4 Å². The van der Waals surface area contributed by atoms with E-state index in [0.717, 1.165) is 0 Å². The van der Waals surface area contributed by atoms with E-state index >= 15 is 0 Å². The van der Waals surface area contributed by atoms with Gasteiger partial charge in [0, 0.05) is 5.56 Å². The zero-order chi connectivity index (χ0) is 16.8. The number of halogens is 1. The summed E-state index contributed by atoms with van der Waals surface area (Å²) < 4.78 is 10.00. The molecule has 0 aliphatic rings. The molecule has 0 aromatic heterocycles. The van der Waals surface area contributed by atoms with Crippen LogP contribution in [0, 0.1) is 0 Å². The van der Waals surface area contributed by atoms with Crippen molar-refractivity contribution in [1.29, 1.82) is 0 Å². The third kappa shape index (κ3) is 4.31. The highest BCUT2D eigenvalue weighted by molar-refractivity contribution is 6.32. The summed E-state index contributed by atoms with van der Waals surface area (Å²) in [5.41, 5.74) is 1.33.